The van der Waals surface area contributed by atoms with Crippen LogP contribution in [0.1, 0.15) is 5.56 Å². The molecule has 0 saturated carbocycles. The summed E-state index contributed by atoms with van der Waals surface area (Å²) in [5.41, 5.74) is 0.675. The van der Waals surface area contributed by atoms with Crippen molar-refractivity contribution < 1.29 is 19.4 Å². The number of benzene rings is 1. The van der Waals surface area contributed by atoms with Gasteiger partial charge in [-0.1, -0.05) is 12.1 Å². The van der Waals surface area contributed by atoms with E-state index in [0.29, 0.717) is 17.2 Å². The predicted molar refractivity (Wildman–Crippen MR) is 56.9 cm³/mol. The van der Waals surface area contributed by atoms with Crippen LogP contribution in [0.3, 0.4) is 0 Å². The van der Waals surface area contributed by atoms with E-state index in [4.69, 9.17) is 14.6 Å². The van der Waals surface area contributed by atoms with Crippen molar-refractivity contribution >= 4 is 11.9 Å². The van der Waals surface area contributed by atoms with Gasteiger partial charge in [-0.2, -0.15) is 0 Å². The Hall–Kier alpha value is -2.04. The van der Waals surface area contributed by atoms with Gasteiger partial charge in [0.2, 0.25) is 12.0 Å². The van der Waals surface area contributed by atoms with Crippen molar-refractivity contribution in [2.45, 2.75) is 6.10 Å². The second kappa shape index (κ2) is 4.22. The molecule has 1 aromatic carbocycles. The number of nitrogens with zero attached hydrogens (tertiary/aromatic N) is 1. The molecule has 1 aliphatic heterocycles. The summed E-state index contributed by atoms with van der Waals surface area (Å²) in [6, 6.07) is 7.20. The molecule has 2 rings (SSSR count). The first-order chi connectivity index (χ1) is 7.72. The molecular formula is C11H11NO4. The number of aliphatic carboxylic acids is 1. The number of carbonyl (C=O) groups is 1. The molecule has 16 heavy (non-hydrogen) atoms. The summed E-state index contributed by atoms with van der Waals surface area (Å²) in [7, 11) is 1.54. The van der Waals surface area contributed by atoms with Gasteiger partial charge in [0.05, 0.1) is 19.2 Å². The van der Waals surface area contributed by atoms with Crippen LogP contribution >= 0.6 is 0 Å². The SMILES string of the molecule is COc1ccccc1C1=NCC(C(=O)O)O1. The molecular weight excluding hydrogens is 210 g/mol. The fourth-order valence-corrected chi connectivity index (χ4v) is 1.47. The highest BCUT2D eigenvalue weighted by Crippen LogP contribution is 2.22. The quantitative estimate of drug-likeness (QED) is 0.824. The summed E-state index contributed by atoms with van der Waals surface area (Å²) in [4.78, 5) is 14.8. The van der Waals surface area contributed by atoms with Gasteiger partial charge >= 0.3 is 5.97 Å². The molecule has 1 N–H and O–H groups in total. The van der Waals surface area contributed by atoms with Gasteiger partial charge in [-0.05, 0) is 12.1 Å². The molecule has 0 amide bonds. The highest BCUT2D eigenvalue weighted by atomic mass is 16.5. The van der Waals surface area contributed by atoms with E-state index >= 15 is 0 Å². The average molecular weight is 221 g/mol. The van der Waals surface area contributed by atoms with Crippen LogP contribution in [0.25, 0.3) is 0 Å². The van der Waals surface area contributed by atoms with Crippen LogP contribution in [-0.4, -0.2) is 36.7 Å². The molecule has 1 aromatic rings. The van der Waals surface area contributed by atoms with Gasteiger partial charge in [-0.15, -0.1) is 0 Å². The average Bonchev–Trinajstić information content (AvgIpc) is 2.78. The maximum atomic E-state index is 10.7. The van der Waals surface area contributed by atoms with Crippen molar-refractivity contribution in [2.75, 3.05) is 13.7 Å². The summed E-state index contributed by atoms with van der Waals surface area (Å²) in [6.45, 7) is 0.142. The third-order valence-electron chi connectivity index (χ3n) is 2.27. The fraction of sp³-hybridized carbons (Fsp3) is 0.273. The van der Waals surface area contributed by atoms with Crippen LogP contribution in [0.5, 0.6) is 5.75 Å². The lowest BCUT2D eigenvalue weighted by Crippen LogP contribution is -2.24. The van der Waals surface area contributed by atoms with Crippen LogP contribution in [0.15, 0.2) is 29.3 Å². The summed E-state index contributed by atoms with van der Waals surface area (Å²) >= 11 is 0. The lowest BCUT2D eigenvalue weighted by molar-refractivity contribution is -0.144. The van der Waals surface area contributed by atoms with E-state index in [2.05, 4.69) is 4.99 Å². The van der Waals surface area contributed by atoms with Gasteiger partial charge in [0.15, 0.2) is 0 Å². The van der Waals surface area contributed by atoms with Crippen molar-refractivity contribution in [3.05, 3.63) is 29.8 Å². The van der Waals surface area contributed by atoms with Gasteiger partial charge in [-0.25, -0.2) is 9.79 Å². The van der Waals surface area contributed by atoms with Crippen molar-refractivity contribution in [3.8, 4) is 5.75 Å². The number of ether oxygens (including phenoxy) is 2. The highest BCUT2D eigenvalue weighted by molar-refractivity contribution is 5.99. The monoisotopic (exact) mass is 221 g/mol. The van der Waals surface area contributed by atoms with Gasteiger partial charge in [0, 0.05) is 0 Å². The van der Waals surface area contributed by atoms with Crippen molar-refractivity contribution in [1.29, 1.82) is 0 Å². The number of carboxylic acids is 1. The van der Waals surface area contributed by atoms with E-state index in [1.54, 1.807) is 19.2 Å². The Balaban J connectivity index is 2.23. The van der Waals surface area contributed by atoms with E-state index in [1.165, 1.54) is 0 Å². The van der Waals surface area contributed by atoms with Crippen LogP contribution in [0, 0.1) is 0 Å². The van der Waals surface area contributed by atoms with E-state index in [9.17, 15) is 4.79 Å². The van der Waals surface area contributed by atoms with Gasteiger partial charge < -0.3 is 14.6 Å². The topological polar surface area (TPSA) is 68.1 Å². The van der Waals surface area contributed by atoms with Crippen molar-refractivity contribution in [2.24, 2.45) is 4.99 Å². The van der Waals surface area contributed by atoms with Gasteiger partial charge in [-0.3, -0.25) is 0 Å². The number of para-hydroxylation sites is 1. The largest absolute Gasteiger partial charge is 0.496 e. The molecule has 0 radical (unpaired) electrons. The molecule has 0 fully saturated rings. The Morgan fingerprint density at radius 3 is 2.94 bits per heavy atom. The molecule has 1 atom stereocenters. The third kappa shape index (κ3) is 1.84. The number of hydrogen-bond donors (Lipinski definition) is 1. The first-order valence-corrected chi connectivity index (χ1v) is 4.79. The lowest BCUT2D eigenvalue weighted by Gasteiger charge is -2.09. The number of hydrogen-bond acceptors (Lipinski definition) is 4. The zero-order valence-corrected chi connectivity index (χ0v) is 8.71. The second-order valence-electron chi connectivity index (χ2n) is 3.29. The highest BCUT2D eigenvalue weighted by Gasteiger charge is 2.28. The summed E-state index contributed by atoms with van der Waals surface area (Å²) < 4.78 is 10.4. The van der Waals surface area contributed by atoms with Crippen molar-refractivity contribution in [1.82, 2.24) is 0 Å². The number of rotatable bonds is 3. The molecule has 0 spiro atoms. The summed E-state index contributed by atoms with van der Waals surface area (Å²) in [5.74, 6) is -0.0641. The van der Waals surface area contributed by atoms with E-state index < -0.39 is 12.1 Å². The maximum Gasteiger partial charge on any atom is 0.346 e. The van der Waals surface area contributed by atoms with Crippen LogP contribution < -0.4 is 4.74 Å². The van der Waals surface area contributed by atoms with E-state index in [0.717, 1.165) is 0 Å². The maximum absolute atomic E-state index is 10.7. The minimum atomic E-state index is -1.01. The number of aliphatic imine (C=N–C) groups is 1. The smallest absolute Gasteiger partial charge is 0.346 e. The third-order valence-corrected chi connectivity index (χ3v) is 2.27. The standard InChI is InChI=1S/C11H11NO4/c1-15-8-5-3-2-4-7(8)10-12-6-9(16-10)11(13)14/h2-5,9H,6H2,1H3,(H,13,14). The minimum absolute atomic E-state index is 0.142. The Kier molecular flexibility index (Phi) is 2.76. The molecule has 0 aliphatic carbocycles. The Bertz CT molecular complexity index is 441. The molecule has 1 unspecified atom stereocenters. The Labute approximate surface area is 92.3 Å². The number of methoxy groups -OCH3 is 1. The van der Waals surface area contributed by atoms with Crippen molar-refractivity contribution in [3.63, 3.8) is 0 Å². The first kappa shape index (κ1) is 10.5. The Morgan fingerprint density at radius 1 is 1.56 bits per heavy atom. The zero-order valence-electron chi connectivity index (χ0n) is 8.71. The Morgan fingerprint density at radius 2 is 2.31 bits per heavy atom. The van der Waals surface area contributed by atoms with Gasteiger partial charge in [0.25, 0.3) is 0 Å². The molecule has 1 heterocycles. The summed E-state index contributed by atoms with van der Waals surface area (Å²) in [6.07, 6.45) is -0.889. The summed E-state index contributed by atoms with van der Waals surface area (Å²) in [5, 5.41) is 8.77. The molecule has 0 aromatic heterocycles. The van der Waals surface area contributed by atoms with Crippen LogP contribution in [0.2, 0.25) is 0 Å². The van der Waals surface area contributed by atoms with Crippen LogP contribution in [-0.2, 0) is 9.53 Å². The normalized spacial score (nSPS) is 18.8. The minimum Gasteiger partial charge on any atom is -0.496 e. The van der Waals surface area contributed by atoms with E-state index in [-0.39, 0.29) is 6.54 Å². The molecule has 0 bridgehead atoms. The molecule has 5 heteroatoms. The van der Waals surface area contributed by atoms with E-state index in [1.807, 2.05) is 12.1 Å². The molecule has 5 nitrogen and oxygen atoms in total. The van der Waals surface area contributed by atoms with Gasteiger partial charge in [0.1, 0.15) is 5.75 Å². The predicted octanol–water partition coefficient (Wildman–Crippen LogP) is 0.925. The second-order valence-corrected chi connectivity index (χ2v) is 3.29. The number of carboxylic acid groups (broad SMARTS) is 1. The van der Waals surface area contributed by atoms with Crippen LogP contribution in [0.4, 0.5) is 0 Å². The molecule has 1 aliphatic rings. The zero-order chi connectivity index (χ0) is 11.5. The molecule has 84 valence electrons. The fourth-order valence-electron chi connectivity index (χ4n) is 1.47. The molecule has 0 saturated heterocycles. The lowest BCUT2D eigenvalue weighted by atomic mass is 10.2. The first-order valence-electron chi connectivity index (χ1n) is 4.79.